The van der Waals surface area contributed by atoms with E-state index in [0.717, 1.165) is 17.1 Å². The average Bonchev–Trinajstić information content (AvgIpc) is 2.73. The van der Waals surface area contributed by atoms with Crippen LogP contribution in [-0.4, -0.2) is 12.0 Å². The Morgan fingerprint density at radius 1 is 1.40 bits per heavy atom. The van der Waals surface area contributed by atoms with Gasteiger partial charge in [0, 0.05) is 11.9 Å². The summed E-state index contributed by atoms with van der Waals surface area (Å²) in [5.74, 6) is 0. The molecule has 0 aliphatic rings. The fraction of sp³-hybridized carbons (Fsp3) is 0.250. The number of aromatic nitrogens is 1. The van der Waals surface area contributed by atoms with Gasteiger partial charge in [0.15, 0.2) is 0 Å². The summed E-state index contributed by atoms with van der Waals surface area (Å²) in [5, 5.41) is 0. The van der Waals surface area contributed by atoms with Gasteiger partial charge in [-0.05, 0) is 18.2 Å². The third-order valence-electron chi connectivity index (χ3n) is 2.64. The van der Waals surface area contributed by atoms with Crippen molar-refractivity contribution in [1.29, 1.82) is 0 Å². The molecule has 2 N–H and O–H groups in total. The molecule has 0 aromatic carbocycles. The molecular formula is C12H11ClF3N3S. The number of rotatable bonds is 3. The monoisotopic (exact) mass is 321 g/mol. The Balaban J connectivity index is 2.27. The molecule has 0 spiro atoms. The predicted molar refractivity (Wildman–Crippen MR) is 75.1 cm³/mol. The molecule has 2 heterocycles. The van der Waals surface area contributed by atoms with Crippen molar-refractivity contribution in [3.8, 4) is 0 Å². The zero-order valence-electron chi connectivity index (χ0n) is 10.4. The van der Waals surface area contributed by atoms with Crippen LogP contribution in [0, 0.1) is 0 Å². The maximum absolute atomic E-state index is 12.7. The maximum atomic E-state index is 12.7. The molecular weight excluding hydrogens is 311 g/mol. The Kier molecular flexibility index (Phi) is 4.10. The molecule has 0 aliphatic heterocycles. The van der Waals surface area contributed by atoms with Crippen molar-refractivity contribution in [2.45, 2.75) is 12.7 Å². The highest BCUT2D eigenvalue weighted by Crippen LogP contribution is 2.33. The Hall–Kier alpha value is -1.47. The number of thiophene rings is 1. The van der Waals surface area contributed by atoms with Gasteiger partial charge < -0.3 is 10.6 Å². The molecule has 20 heavy (non-hydrogen) atoms. The number of anilines is 2. The second-order valence-corrected chi connectivity index (χ2v) is 5.99. The first-order valence-electron chi connectivity index (χ1n) is 5.55. The summed E-state index contributed by atoms with van der Waals surface area (Å²) in [6.45, 7) is 0.420. The smallest absolute Gasteiger partial charge is 0.396 e. The van der Waals surface area contributed by atoms with Crippen molar-refractivity contribution in [2.75, 3.05) is 17.7 Å². The second-order valence-electron chi connectivity index (χ2n) is 4.19. The molecule has 0 unspecified atom stereocenters. The number of hydrogen-bond donors (Lipinski definition) is 1. The minimum absolute atomic E-state index is 0.197. The van der Waals surface area contributed by atoms with Crippen LogP contribution < -0.4 is 10.6 Å². The normalized spacial score (nSPS) is 11.7. The van der Waals surface area contributed by atoms with Crippen LogP contribution in [0.15, 0.2) is 24.4 Å². The van der Waals surface area contributed by atoms with Crippen LogP contribution in [0.4, 0.5) is 24.5 Å². The molecule has 8 heteroatoms. The SMILES string of the molecule is CN(Cc1ccc(Cl)s1)c1cc(C(F)(F)F)ncc1N. The lowest BCUT2D eigenvalue weighted by atomic mass is 10.2. The summed E-state index contributed by atoms with van der Waals surface area (Å²) < 4.78 is 38.6. The molecule has 0 radical (unpaired) electrons. The van der Waals surface area contributed by atoms with Gasteiger partial charge in [-0.2, -0.15) is 13.2 Å². The van der Waals surface area contributed by atoms with Crippen LogP contribution >= 0.6 is 22.9 Å². The second kappa shape index (κ2) is 5.49. The largest absolute Gasteiger partial charge is 0.433 e. The Bertz CT molecular complexity index is 612. The van der Waals surface area contributed by atoms with Gasteiger partial charge >= 0.3 is 6.18 Å². The highest BCUT2D eigenvalue weighted by atomic mass is 35.5. The van der Waals surface area contributed by atoms with Crippen molar-refractivity contribution in [1.82, 2.24) is 4.98 Å². The van der Waals surface area contributed by atoms with Gasteiger partial charge in [0.05, 0.1) is 28.5 Å². The lowest BCUT2D eigenvalue weighted by Crippen LogP contribution is -2.19. The molecule has 0 amide bonds. The third kappa shape index (κ3) is 3.34. The summed E-state index contributed by atoms with van der Waals surface area (Å²) in [5.41, 5.74) is 5.22. The predicted octanol–water partition coefficient (Wildman–Crippen LogP) is 4.03. The van der Waals surface area contributed by atoms with E-state index in [0.29, 0.717) is 10.9 Å². The molecule has 0 fully saturated rings. The van der Waals surface area contributed by atoms with Crippen LogP contribution in [0.3, 0.4) is 0 Å². The van der Waals surface area contributed by atoms with Gasteiger partial charge in [0.25, 0.3) is 0 Å². The third-order valence-corrected chi connectivity index (χ3v) is 3.85. The van der Waals surface area contributed by atoms with Crippen molar-refractivity contribution in [3.63, 3.8) is 0 Å². The van der Waals surface area contributed by atoms with Crippen molar-refractivity contribution < 1.29 is 13.2 Å². The van der Waals surface area contributed by atoms with Crippen LogP contribution in [0.25, 0.3) is 0 Å². The van der Waals surface area contributed by atoms with Crippen LogP contribution in [-0.2, 0) is 12.7 Å². The summed E-state index contributed by atoms with van der Waals surface area (Å²) in [7, 11) is 1.67. The zero-order valence-corrected chi connectivity index (χ0v) is 12.0. The molecule has 2 aromatic heterocycles. The molecule has 108 valence electrons. The quantitative estimate of drug-likeness (QED) is 0.928. The summed E-state index contributed by atoms with van der Waals surface area (Å²) >= 11 is 7.19. The Morgan fingerprint density at radius 2 is 2.10 bits per heavy atom. The molecule has 0 bridgehead atoms. The number of nitrogens with zero attached hydrogens (tertiary/aromatic N) is 2. The number of alkyl halides is 3. The molecule has 2 aromatic rings. The van der Waals surface area contributed by atoms with Gasteiger partial charge in [-0.3, -0.25) is 0 Å². The summed E-state index contributed by atoms with van der Waals surface area (Å²) in [4.78, 5) is 5.87. The minimum Gasteiger partial charge on any atom is -0.396 e. The van der Waals surface area contributed by atoms with Gasteiger partial charge in [-0.1, -0.05) is 11.6 Å². The summed E-state index contributed by atoms with van der Waals surface area (Å²) in [6.07, 6.45) is -3.47. The van der Waals surface area contributed by atoms with E-state index in [4.69, 9.17) is 17.3 Å². The van der Waals surface area contributed by atoms with E-state index >= 15 is 0 Å². The first kappa shape index (κ1) is 14.9. The molecule has 3 nitrogen and oxygen atoms in total. The van der Waals surface area contributed by atoms with E-state index in [1.807, 2.05) is 6.07 Å². The minimum atomic E-state index is -4.49. The lowest BCUT2D eigenvalue weighted by Gasteiger charge is -2.21. The van der Waals surface area contributed by atoms with E-state index in [-0.39, 0.29) is 11.4 Å². The van der Waals surface area contributed by atoms with Crippen LogP contribution in [0.5, 0.6) is 0 Å². The van der Waals surface area contributed by atoms with Crippen molar-refractivity contribution in [3.05, 3.63) is 39.3 Å². The first-order chi connectivity index (χ1) is 9.27. The average molecular weight is 322 g/mol. The van der Waals surface area contributed by atoms with E-state index in [1.54, 1.807) is 18.0 Å². The number of nitrogen functional groups attached to an aromatic ring is 1. The fourth-order valence-corrected chi connectivity index (χ4v) is 2.84. The first-order valence-corrected chi connectivity index (χ1v) is 6.75. The number of hydrogen-bond acceptors (Lipinski definition) is 4. The van der Waals surface area contributed by atoms with E-state index in [2.05, 4.69) is 4.98 Å². The standard InChI is InChI=1S/C12H11ClF3N3S/c1-19(6-7-2-3-11(13)20-7)9-4-10(12(14,15)16)18-5-8(9)17/h2-5H,6,17H2,1H3. The van der Waals surface area contributed by atoms with Gasteiger partial charge in [-0.15, -0.1) is 11.3 Å². The lowest BCUT2D eigenvalue weighted by molar-refractivity contribution is -0.141. The van der Waals surface area contributed by atoms with Crippen molar-refractivity contribution in [2.24, 2.45) is 0 Å². The maximum Gasteiger partial charge on any atom is 0.433 e. The zero-order chi connectivity index (χ0) is 14.9. The molecule has 0 saturated heterocycles. The van der Waals surface area contributed by atoms with Gasteiger partial charge in [-0.25, -0.2) is 4.98 Å². The Morgan fingerprint density at radius 3 is 2.65 bits per heavy atom. The number of pyridine rings is 1. The highest BCUT2D eigenvalue weighted by molar-refractivity contribution is 7.16. The van der Waals surface area contributed by atoms with Crippen LogP contribution in [0.1, 0.15) is 10.6 Å². The van der Waals surface area contributed by atoms with E-state index in [1.165, 1.54) is 11.3 Å². The molecule has 2 rings (SSSR count). The van der Waals surface area contributed by atoms with E-state index in [9.17, 15) is 13.2 Å². The van der Waals surface area contributed by atoms with Crippen molar-refractivity contribution >= 4 is 34.3 Å². The topological polar surface area (TPSA) is 42.2 Å². The van der Waals surface area contributed by atoms with Gasteiger partial charge in [0.2, 0.25) is 0 Å². The molecule has 0 aliphatic carbocycles. The number of nitrogens with two attached hydrogens (primary N) is 1. The Labute approximate surface area is 122 Å². The highest BCUT2D eigenvalue weighted by Gasteiger charge is 2.33. The van der Waals surface area contributed by atoms with Gasteiger partial charge in [0.1, 0.15) is 5.69 Å². The molecule has 0 atom stereocenters. The van der Waals surface area contributed by atoms with Crippen LogP contribution in [0.2, 0.25) is 4.34 Å². The fourth-order valence-electron chi connectivity index (χ4n) is 1.70. The summed E-state index contributed by atoms with van der Waals surface area (Å²) in [6, 6.07) is 4.52. The number of halogens is 4. The molecule has 0 saturated carbocycles. The van der Waals surface area contributed by atoms with E-state index < -0.39 is 11.9 Å².